The molecule has 0 aliphatic heterocycles. The number of hydrogen-bond acceptors (Lipinski definition) is 10. The zero-order valence-corrected chi connectivity index (χ0v) is 28.0. The van der Waals surface area contributed by atoms with Crippen molar-refractivity contribution >= 4 is 63.5 Å². The van der Waals surface area contributed by atoms with Crippen LogP contribution in [0.5, 0.6) is 0 Å². The summed E-state index contributed by atoms with van der Waals surface area (Å²) in [7, 11) is -14.6. The Morgan fingerprint density at radius 1 is 0.659 bits per heavy atom. The number of fused-ring (bicyclic) bond motifs is 2. The second-order valence-corrected chi connectivity index (χ2v) is 13.2. The molecule has 0 saturated carbocycles. The van der Waals surface area contributed by atoms with Gasteiger partial charge in [0.25, 0.3) is 30.4 Å². The molecule has 41 heavy (non-hydrogen) atoms. The zero-order chi connectivity index (χ0) is 28.5. The van der Waals surface area contributed by atoms with Gasteiger partial charge in [-0.25, -0.2) is 9.97 Å². The predicted octanol–water partition coefficient (Wildman–Crippen LogP) is -4.24. The van der Waals surface area contributed by atoms with E-state index in [0.717, 1.165) is 18.2 Å². The molecule has 0 aliphatic rings. The second kappa shape index (κ2) is 11.8. The molecule has 0 fully saturated rings. The normalized spacial score (nSPS) is 13.1. The summed E-state index contributed by atoms with van der Waals surface area (Å²) in [5, 5.41) is 0. The van der Waals surface area contributed by atoms with Crippen molar-refractivity contribution in [3.63, 3.8) is 0 Å². The van der Waals surface area contributed by atoms with Crippen LogP contribution in [0.4, 0.5) is 0 Å². The predicted molar refractivity (Wildman–Crippen MR) is 133 cm³/mol. The van der Waals surface area contributed by atoms with Crippen LogP contribution < -0.4 is 59.1 Å². The van der Waals surface area contributed by atoms with Crippen LogP contribution in [-0.4, -0.2) is 67.6 Å². The number of H-pyrrole nitrogens is 2. The molecule has 0 saturated heterocycles. The molecular formula is C20H13N4Na2O11S4+. The van der Waals surface area contributed by atoms with Crippen LogP contribution in [0.25, 0.3) is 44.8 Å². The Morgan fingerprint density at radius 2 is 1.07 bits per heavy atom. The van der Waals surface area contributed by atoms with E-state index in [1.165, 1.54) is 24.3 Å². The van der Waals surface area contributed by atoms with Crippen LogP contribution in [0.1, 0.15) is 0 Å². The van der Waals surface area contributed by atoms with Crippen molar-refractivity contribution < 1.29 is 107 Å². The summed E-state index contributed by atoms with van der Waals surface area (Å²) in [6.07, 6.45) is 0. The molecule has 3 aromatic carbocycles. The minimum atomic E-state index is -4.93. The van der Waals surface area contributed by atoms with Gasteiger partial charge >= 0.3 is 59.1 Å². The Hall–Kier alpha value is -1.56. The molecule has 0 aliphatic carbocycles. The molecular weight excluding hydrogens is 646 g/mol. The van der Waals surface area contributed by atoms with Crippen LogP contribution >= 0.6 is 0 Å². The molecule has 2 heterocycles. The third kappa shape index (κ3) is 6.83. The molecule has 0 spiro atoms. The Morgan fingerprint density at radius 3 is 1.46 bits per heavy atom. The third-order valence-corrected chi connectivity index (χ3v) is 8.71. The van der Waals surface area contributed by atoms with E-state index in [4.69, 9.17) is 0 Å². The number of hydrogen-bond donors (Lipinski definition) is 5. The van der Waals surface area contributed by atoms with E-state index in [-0.39, 0.29) is 92.8 Å². The minimum Gasteiger partial charge on any atom is -0.768 e. The van der Waals surface area contributed by atoms with Crippen LogP contribution in [-0.2, 0) is 41.4 Å². The number of aromatic nitrogens is 4. The first-order chi connectivity index (χ1) is 18.0. The summed E-state index contributed by atoms with van der Waals surface area (Å²) < 4.78 is 121. The van der Waals surface area contributed by atoms with Gasteiger partial charge in [-0.1, -0.05) is 24.3 Å². The number of benzene rings is 3. The number of nitrogens with zero attached hydrogens (tertiary/aromatic N) is 2. The van der Waals surface area contributed by atoms with Crippen LogP contribution in [0.2, 0.25) is 0 Å². The maximum atomic E-state index is 11.8. The number of imidazole rings is 2. The maximum Gasteiger partial charge on any atom is 1.00 e. The van der Waals surface area contributed by atoms with Gasteiger partial charge in [0.2, 0.25) is 0 Å². The van der Waals surface area contributed by atoms with E-state index in [9.17, 15) is 47.7 Å². The van der Waals surface area contributed by atoms with E-state index in [0.29, 0.717) is 17.2 Å². The quantitative estimate of drug-likeness (QED) is 0.0658. The monoisotopic (exact) mass is 659 g/mol. The molecule has 0 amide bonds. The molecule has 5 aromatic rings. The fourth-order valence-electron chi connectivity index (χ4n) is 3.82. The van der Waals surface area contributed by atoms with Gasteiger partial charge in [0.1, 0.15) is 32.5 Å². The minimum absolute atomic E-state index is 0. The molecule has 0 radical (unpaired) electrons. The largest absolute Gasteiger partial charge is 1.00 e. The first-order valence-corrected chi connectivity index (χ1v) is 15.6. The number of rotatable bonds is 6. The summed E-state index contributed by atoms with van der Waals surface area (Å²) in [4.78, 5) is 11.1. The summed E-state index contributed by atoms with van der Waals surface area (Å²) in [6.45, 7) is 0. The smallest absolute Gasteiger partial charge is 0.768 e. The van der Waals surface area contributed by atoms with Crippen molar-refractivity contribution in [2.45, 2.75) is 19.6 Å². The third-order valence-electron chi connectivity index (χ3n) is 5.53. The first kappa shape index (κ1) is 33.9. The van der Waals surface area contributed by atoms with Crippen molar-refractivity contribution in [3.8, 4) is 22.8 Å². The molecule has 5 N–H and O–H groups in total. The Balaban J connectivity index is 0.00000231. The van der Waals surface area contributed by atoms with E-state index in [2.05, 4.69) is 19.9 Å². The SMILES string of the molecule is O=S([O-])c1cc(S(=O)(=O)O)c2nc(-c3ccc(-c4nc5c(S(=O)(=O)O)cc(S(=O)(=O)O)cc5[nH]4)cc3)[nH]c2c1.[Na+].[Na+]. The first-order valence-electron chi connectivity index (χ1n) is 10.2. The fraction of sp³-hybridized carbons (Fsp3) is 0. The van der Waals surface area contributed by atoms with Crippen molar-refractivity contribution in [2.75, 3.05) is 0 Å². The van der Waals surface area contributed by atoms with Gasteiger partial charge in [0.05, 0.1) is 15.9 Å². The van der Waals surface area contributed by atoms with Crippen molar-refractivity contribution in [1.82, 2.24) is 19.9 Å². The van der Waals surface area contributed by atoms with E-state index >= 15 is 0 Å². The van der Waals surface area contributed by atoms with E-state index in [1.54, 1.807) is 0 Å². The fourth-order valence-corrected chi connectivity index (χ4v) is 6.28. The van der Waals surface area contributed by atoms with Gasteiger partial charge in [0, 0.05) is 16.0 Å². The van der Waals surface area contributed by atoms with Crippen LogP contribution in [0.15, 0.2) is 68.1 Å². The van der Waals surface area contributed by atoms with Crippen molar-refractivity contribution in [1.29, 1.82) is 0 Å². The van der Waals surface area contributed by atoms with Gasteiger partial charge in [-0.3, -0.25) is 17.9 Å². The molecule has 21 heteroatoms. The van der Waals surface area contributed by atoms with Crippen LogP contribution in [0.3, 0.4) is 0 Å². The Bertz CT molecular complexity index is 2180. The van der Waals surface area contributed by atoms with E-state index < -0.39 is 61.0 Å². The Labute approximate surface area is 278 Å². The Kier molecular flexibility index (Phi) is 9.81. The average Bonchev–Trinajstić information content (AvgIpc) is 3.45. The van der Waals surface area contributed by atoms with Crippen molar-refractivity contribution in [3.05, 3.63) is 48.5 Å². The molecule has 2 aromatic heterocycles. The molecule has 204 valence electrons. The molecule has 1 unspecified atom stereocenters. The number of aromatic amines is 2. The molecule has 1 atom stereocenters. The van der Waals surface area contributed by atoms with E-state index in [1.807, 2.05) is 0 Å². The summed E-state index contributed by atoms with van der Waals surface area (Å²) >= 11 is -2.79. The van der Waals surface area contributed by atoms with Gasteiger partial charge in [-0.2, -0.15) is 25.3 Å². The summed E-state index contributed by atoms with van der Waals surface area (Å²) in [6, 6.07) is 9.42. The van der Waals surface area contributed by atoms with Gasteiger partial charge < -0.3 is 14.5 Å². The number of nitrogens with one attached hydrogen (secondary N) is 2. The molecule has 15 nitrogen and oxygen atoms in total. The van der Waals surface area contributed by atoms with Gasteiger partial charge in [0.15, 0.2) is 0 Å². The zero-order valence-electron chi connectivity index (χ0n) is 20.8. The van der Waals surface area contributed by atoms with Gasteiger partial charge in [-0.05, 0) is 35.3 Å². The average molecular weight is 660 g/mol. The van der Waals surface area contributed by atoms with Crippen molar-refractivity contribution in [2.24, 2.45) is 0 Å². The molecule has 5 rings (SSSR count). The van der Waals surface area contributed by atoms with Gasteiger partial charge in [-0.15, -0.1) is 0 Å². The standard InChI is InChI=1S/C20H14N4O11S4.2Na/c25-36(26)11-5-13-17(15(6-11)38(30,31)32)23-19(21-13)9-1-3-10(4-2-9)20-22-14-7-12(37(27,28)29)8-16(18(14)24-20)39(33,34)35;;/h1-8H,(H,21,23)(H,22,24)(H,25,26)(H,27,28,29)(H,30,31,32)(H,33,34,35);;/q;2*+1/p-1. The molecule has 0 bridgehead atoms. The topological polar surface area (TPSA) is 261 Å². The van der Waals surface area contributed by atoms with Crippen LogP contribution in [0, 0.1) is 0 Å². The summed E-state index contributed by atoms with van der Waals surface area (Å²) in [5.41, 5.74) is 0.181. The second-order valence-electron chi connectivity index (χ2n) is 8.04. The summed E-state index contributed by atoms with van der Waals surface area (Å²) in [5.74, 6) is 0.182. The maximum absolute atomic E-state index is 11.8.